The molecule has 0 spiro atoms. The number of carbonyl (C=O) groups is 2. The highest BCUT2D eigenvalue weighted by Crippen LogP contribution is 2.20. The summed E-state index contributed by atoms with van der Waals surface area (Å²) in [6.45, 7) is 6.30. The van der Waals surface area contributed by atoms with E-state index in [1.807, 2.05) is 45.0 Å². The van der Waals surface area contributed by atoms with E-state index >= 15 is 0 Å². The van der Waals surface area contributed by atoms with Crippen LogP contribution in [0.5, 0.6) is 0 Å². The Bertz CT molecular complexity index is 766. The molecule has 146 valence electrons. The van der Waals surface area contributed by atoms with Crippen molar-refractivity contribution >= 4 is 29.9 Å². The van der Waals surface area contributed by atoms with E-state index in [1.54, 1.807) is 24.3 Å². The minimum atomic E-state index is -0.407. The Labute approximate surface area is 167 Å². The molecule has 2 aromatic rings. The summed E-state index contributed by atoms with van der Waals surface area (Å²) in [4.78, 5) is 25.1. The second-order valence-electron chi connectivity index (χ2n) is 6.50. The van der Waals surface area contributed by atoms with E-state index in [-0.39, 0.29) is 24.2 Å². The second kappa shape index (κ2) is 10.1. The number of nitrogens with one attached hydrogen (secondary N) is 2. The lowest BCUT2D eigenvalue weighted by atomic mass is 9.92. The zero-order valence-electron chi connectivity index (χ0n) is 16.0. The van der Waals surface area contributed by atoms with Crippen molar-refractivity contribution in [2.24, 2.45) is 5.73 Å². The maximum atomic E-state index is 12.7. The molecule has 0 saturated heterocycles. The Morgan fingerprint density at radius 2 is 1.59 bits per heavy atom. The first-order valence-corrected chi connectivity index (χ1v) is 8.94. The molecule has 0 atom stereocenters. The van der Waals surface area contributed by atoms with Crippen LogP contribution in [0.2, 0.25) is 0 Å². The molecular weight excluding hydrogens is 362 g/mol. The van der Waals surface area contributed by atoms with Gasteiger partial charge >= 0.3 is 0 Å². The molecule has 0 aliphatic rings. The topological polar surface area (TPSA) is 84.2 Å². The summed E-state index contributed by atoms with van der Waals surface area (Å²) >= 11 is 0. The standard InChI is InChI=1S/C21H27N3O2.ClH/c1-4-21(5-2,14-22)24-20(26)17-12-11-15(3)18(13-17)23-19(25)16-9-7-6-8-10-16;/h6-13H,4-5,14,22H2,1-3H3,(H,23,25)(H,24,26);1H. The number of benzene rings is 2. The average Bonchev–Trinajstić information content (AvgIpc) is 2.68. The predicted octanol–water partition coefficient (Wildman–Crippen LogP) is 3.92. The van der Waals surface area contributed by atoms with Crippen molar-refractivity contribution in [2.45, 2.75) is 39.2 Å². The van der Waals surface area contributed by atoms with Gasteiger partial charge in [0.05, 0.1) is 5.54 Å². The molecule has 2 rings (SSSR count). The maximum Gasteiger partial charge on any atom is 0.255 e. The van der Waals surface area contributed by atoms with E-state index in [0.29, 0.717) is 23.4 Å². The largest absolute Gasteiger partial charge is 0.345 e. The number of amides is 2. The van der Waals surface area contributed by atoms with Gasteiger partial charge in [-0.15, -0.1) is 12.4 Å². The van der Waals surface area contributed by atoms with Gasteiger partial charge in [0.25, 0.3) is 11.8 Å². The number of nitrogens with two attached hydrogens (primary N) is 1. The Kier molecular flexibility index (Phi) is 8.47. The number of anilines is 1. The highest BCUT2D eigenvalue weighted by Gasteiger charge is 2.27. The minimum absolute atomic E-state index is 0. The van der Waals surface area contributed by atoms with Crippen LogP contribution in [-0.2, 0) is 0 Å². The van der Waals surface area contributed by atoms with Crippen LogP contribution in [0.1, 0.15) is 53.0 Å². The summed E-state index contributed by atoms with van der Waals surface area (Å²) in [6.07, 6.45) is 1.52. The summed E-state index contributed by atoms with van der Waals surface area (Å²) in [7, 11) is 0. The van der Waals surface area contributed by atoms with Gasteiger partial charge in [0.2, 0.25) is 0 Å². The molecule has 4 N–H and O–H groups in total. The third kappa shape index (κ3) is 5.55. The van der Waals surface area contributed by atoms with Crippen molar-refractivity contribution in [1.82, 2.24) is 5.32 Å². The number of hydrogen-bond donors (Lipinski definition) is 3. The molecule has 0 radical (unpaired) electrons. The molecule has 0 aliphatic heterocycles. The molecule has 0 heterocycles. The Balaban J connectivity index is 0.00000364. The lowest BCUT2D eigenvalue weighted by Crippen LogP contribution is -2.52. The second-order valence-corrected chi connectivity index (χ2v) is 6.50. The zero-order chi connectivity index (χ0) is 19.2. The normalized spacial score (nSPS) is 10.7. The van der Waals surface area contributed by atoms with Gasteiger partial charge in [0.1, 0.15) is 0 Å². The lowest BCUT2D eigenvalue weighted by molar-refractivity contribution is 0.0894. The van der Waals surface area contributed by atoms with Crippen LogP contribution in [0.3, 0.4) is 0 Å². The van der Waals surface area contributed by atoms with Crippen LogP contribution >= 0.6 is 12.4 Å². The summed E-state index contributed by atoms with van der Waals surface area (Å²) in [5.41, 5.74) is 8.04. The van der Waals surface area contributed by atoms with Crippen molar-refractivity contribution in [3.05, 3.63) is 65.2 Å². The van der Waals surface area contributed by atoms with Gasteiger partial charge < -0.3 is 16.4 Å². The quantitative estimate of drug-likeness (QED) is 0.671. The summed E-state index contributed by atoms with van der Waals surface area (Å²) in [5.74, 6) is -0.390. The highest BCUT2D eigenvalue weighted by atomic mass is 35.5. The van der Waals surface area contributed by atoms with Crippen LogP contribution in [0.15, 0.2) is 48.5 Å². The van der Waals surface area contributed by atoms with Crippen molar-refractivity contribution in [2.75, 3.05) is 11.9 Å². The van der Waals surface area contributed by atoms with Crippen molar-refractivity contribution in [3.8, 4) is 0 Å². The summed E-state index contributed by atoms with van der Waals surface area (Å²) in [5, 5.41) is 5.93. The third-order valence-electron chi connectivity index (χ3n) is 4.91. The van der Waals surface area contributed by atoms with Crippen LogP contribution in [0, 0.1) is 6.92 Å². The van der Waals surface area contributed by atoms with Gasteiger partial charge in [-0.3, -0.25) is 9.59 Å². The molecule has 2 amide bonds. The highest BCUT2D eigenvalue weighted by molar-refractivity contribution is 6.05. The van der Waals surface area contributed by atoms with Crippen LogP contribution in [-0.4, -0.2) is 23.9 Å². The first-order chi connectivity index (χ1) is 12.4. The van der Waals surface area contributed by atoms with Crippen molar-refractivity contribution < 1.29 is 9.59 Å². The first-order valence-electron chi connectivity index (χ1n) is 8.94. The van der Waals surface area contributed by atoms with Gasteiger partial charge in [-0.2, -0.15) is 0 Å². The SMILES string of the molecule is CCC(CC)(CN)NC(=O)c1ccc(C)c(NC(=O)c2ccccc2)c1.Cl. The molecule has 0 saturated carbocycles. The van der Waals surface area contributed by atoms with Crippen LogP contribution < -0.4 is 16.4 Å². The van der Waals surface area contributed by atoms with E-state index in [4.69, 9.17) is 5.73 Å². The maximum absolute atomic E-state index is 12.7. The fourth-order valence-electron chi connectivity index (χ4n) is 2.76. The van der Waals surface area contributed by atoms with Gasteiger partial charge in [-0.25, -0.2) is 0 Å². The predicted molar refractivity (Wildman–Crippen MR) is 113 cm³/mol. The smallest absolute Gasteiger partial charge is 0.255 e. The van der Waals surface area contributed by atoms with E-state index < -0.39 is 5.54 Å². The summed E-state index contributed by atoms with van der Waals surface area (Å²) < 4.78 is 0. The fourth-order valence-corrected chi connectivity index (χ4v) is 2.76. The molecule has 0 unspecified atom stereocenters. The number of hydrogen-bond acceptors (Lipinski definition) is 3. The number of carbonyl (C=O) groups excluding carboxylic acids is 2. The molecule has 0 aromatic heterocycles. The molecule has 0 bridgehead atoms. The Hall–Kier alpha value is -2.37. The third-order valence-corrected chi connectivity index (χ3v) is 4.91. The van der Waals surface area contributed by atoms with Crippen molar-refractivity contribution in [3.63, 3.8) is 0 Å². The van der Waals surface area contributed by atoms with Crippen LogP contribution in [0.25, 0.3) is 0 Å². The van der Waals surface area contributed by atoms with Gasteiger partial charge in [0, 0.05) is 23.4 Å². The van der Waals surface area contributed by atoms with Crippen molar-refractivity contribution in [1.29, 1.82) is 0 Å². The Morgan fingerprint density at radius 1 is 0.963 bits per heavy atom. The molecular formula is C21H28ClN3O2. The molecule has 5 nitrogen and oxygen atoms in total. The van der Waals surface area contributed by atoms with E-state index in [2.05, 4.69) is 10.6 Å². The minimum Gasteiger partial charge on any atom is -0.345 e. The molecule has 2 aromatic carbocycles. The zero-order valence-corrected chi connectivity index (χ0v) is 16.9. The van der Waals surface area contributed by atoms with Gasteiger partial charge in [-0.05, 0) is 49.6 Å². The van der Waals surface area contributed by atoms with E-state index in [1.165, 1.54) is 0 Å². The number of aryl methyl sites for hydroxylation is 1. The molecule has 6 heteroatoms. The number of rotatable bonds is 7. The molecule has 0 fully saturated rings. The van der Waals surface area contributed by atoms with Crippen LogP contribution in [0.4, 0.5) is 5.69 Å². The molecule has 27 heavy (non-hydrogen) atoms. The fraction of sp³-hybridized carbons (Fsp3) is 0.333. The molecule has 0 aliphatic carbocycles. The van der Waals surface area contributed by atoms with Gasteiger partial charge in [-0.1, -0.05) is 38.1 Å². The van der Waals surface area contributed by atoms with E-state index in [0.717, 1.165) is 18.4 Å². The lowest BCUT2D eigenvalue weighted by Gasteiger charge is -2.31. The Morgan fingerprint density at radius 3 is 2.15 bits per heavy atom. The van der Waals surface area contributed by atoms with E-state index in [9.17, 15) is 9.59 Å². The number of halogens is 1. The first kappa shape index (κ1) is 22.7. The summed E-state index contributed by atoms with van der Waals surface area (Å²) in [6, 6.07) is 14.3. The average molecular weight is 390 g/mol. The monoisotopic (exact) mass is 389 g/mol. The van der Waals surface area contributed by atoms with Gasteiger partial charge in [0.15, 0.2) is 0 Å².